The van der Waals surface area contributed by atoms with E-state index >= 15 is 0 Å². The Labute approximate surface area is 146 Å². The molecule has 0 atom stereocenters. The average Bonchev–Trinajstić information content (AvgIpc) is 3.27. The van der Waals surface area contributed by atoms with Crippen molar-refractivity contribution >= 4 is 28.9 Å². The van der Waals surface area contributed by atoms with Crippen LogP contribution in [0.15, 0.2) is 46.8 Å². The molecule has 0 unspecified atom stereocenters. The Kier molecular flexibility index (Phi) is 5.48. The molecule has 5 nitrogen and oxygen atoms in total. The lowest BCUT2D eigenvalue weighted by atomic mass is 10.2. The first-order valence-electron chi connectivity index (χ1n) is 8.13. The smallest absolute Gasteiger partial charge is 0.246 e. The van der Waals surface area contributed by atoms with Gasteiger partial charge in [0.2, 0.25) is 5.91 Å². The number of anilines is 1. The molecule has 1 aliphatic heterocycles. The van der Waals surface area contributed by atoms with Crippen LogP contribution in [0.1, 0.15) is 10.4 Å². The SMILES string of the molecule is CN=C(NCCc1cccs1)NCC(=O)N1CCc2ccccc21. The fourth-order valence-electron chi connectivity index (χ4n) is 2.83. The van der Waals surface area contributed by atoms with Gasteiger partial charge in [0.25, 0.3) is 0 Å². The molecule has 2 aromatic rings. The number of guanidine groups is 1. The summed E-state index contributed by atoms with van der Waals surface area (Å²) < 4.78 is 0. The summed E-state index contributed by atoms with van der Waals surface area (Å²) >= 11 is 1.75. The highest BCUT2D eigenvalue weighted by molar-refractivity contribution is 7.09. The van der Waals surface area contributed by atoms with Gasteiger partial charge in [0.1, 0.15) is 0 Å². The maximum Gasteiger partial charge on any atom is 0.246 e. The van der Waals surface area contributed by atoms with Crippen LogP contribution in [0.2, 0.25) is 0 Å². The second-order valence-corrected chi connectivity index (χ2v) is 6.64. The number of nitrogens with one attached hydrogen (secondary N) is 2. The number of aliphatic imine (C=N–C) groups is 1. The second-order valence-electron chi connectivity index (χ2n) is 5.61. The minimum atomic E-state index is 0.0705. The van der Waals surface area contributed by atoms with Crippen molar-refractivity contribution in [2.45, 2.75) is 12.8 Å². The summed E-state index contributed by atoms with van der Waals surface area (Å²) in [6.07, 6.45) is 1.88. The fourth-order valence-corrected chi connectivity index (χ4v) is 3.54. The van der Waals surface area contributed by atoms with Crippen molar-refractivity contribution in [3.8, 4) is 0 Å². The number of rotatable bonds is 5. The third-order valence-electron chi connectivity index (χ3n) is 4.06. The number of benzene rings is 1. The summed E-state index contributed by atoms with van der Waals surface area (Å²) in [5.41, 5.74) is 2.27. The molecule has 0 spiro atoms. The molecule has 1 aromatic heterocycles. The van der Waals surface area contributed by atoms with Crippen molar-refractivity contribution in [3.05, 3.63) is 52.2 Å². The van der Waals surface area contributed by atoms with Gasteiger partial charge >= 0.3 is 0 Å². The molecule has 0 fully saturated rings. The maximum atomic E-state index is 12.5. The van der Waals surface area contributed by atoms with Crippen molar-refractivity contribution in [1.82, 2.24) is 10.6 Å². The molecule has 3 rings (SSSR count). The molecule has 0 saturated carbocycles. The molecular formula is C18H22N4OS. The molecule has 1 aromatic carbocycles. The lowest BCUT2D eigenvalue weighted by Gasteiger charge is -2.18. The molecule has 0 radical (unpaired) electrons. The summed E-state index contributed by atoms with van der Waals surface area (Å²) in [7, 11) is 1.72. The first kappa shape index (κ1) is 16.5. The highest BCUT2D eigenvalue weighted by atomic mass is 32.1. The van der Waals surface area contributed by atoms with Gasteiger partial charge in [-0.25, -0.2) is 0 Å². The topological polar surface area (TPSA) is 56.7 Å². The van der Waals surface area contributed by atoms with E-state index in [2.05, 4.69) is 39.2 Å². The van der Waals surface area contributed by atoms with E-state index in [0.29, 0.717) is 5.96 Å². The zero-order chi connectivity index (χ0) is 16.8. The number of hydrogen-bond acceptors (Lipinski definition) is 3. The highest BCUT2D eigenvalue weighted by Gasteiger charge is 2.23. The van der Waals surface area contributed by atoms with Crippen molar-refractivity contribution < 1.29 is 4.79 Å². The Hall–Kier alpha value is -2.34. The summed E-state index contributed by atoms with van der Waals surface area (Å²) in [5.74, 6) is 0.730. The third kappa shape index (κ3) is 3.94. The first-order valence-corrected chi connectivity index (χ1v) is 9.01. The molecule has 0 saturated heterocycles. The number of hydrogen-bond donors (Lipinski definition) is 2. The molecule has 2 heterocycles. The van der Waals surface area contributed by atoms with Gasteiger partial charge in [-0.05, 0) is 35.9 Å². The number of thiophene rings is 1. The molecule has 2 N–H and O–H groups in total. The van der Waals surface area contributed by atoms with E-state index in [1.807, 2.05) is 23.1 Å². The van der Waals surface area contributed by atoms with Crippen molar-refractivity contribution in [1.29, 1.82) is 0 Å². The molecule has 24 heavy (non-hydrogen) atoms. The predicted octanol–water partition coefficient (Wildman–Crippen LogP) is 2.04. The average molecular weight is 342 g/mol. The predicted molar refractivity (Wildman–Crippen MR) is 99.9 cm³/mol. The molecule has 1 aliphatic rings. The zero-order valence-electron chi connectivity index (χ0n) is 13.8. The van der Waals surface area contributed by atoms with Crippen LogP contribution in [0.3, 0.4) is 0 Å². The monoisotopic (exact) mass is 342 g/mol. The first-order chi connectivity index (χ1) is 11.8. The lowest BCUT2D eigenvalue weighted by molar-refractivity contribution is -0.117. The van der Waals surface area contributed by atoms with Crippen LogP contribution in [0.25, 0.3) is 0 Å². The number of amides is 1. The van der Waals surface area contributed by atoms with Crippen molar-refractivity contribution in [2.75, 3.05) is 31.6 Å². The van der Waals surface area contributed by atoms with Gasteiger partial charge in [-0.2, -0.15) is 0 Å². The van der Waals surface area contributed by atoms with Gasteiger partial charge in [-0.3, -0.25) is 9.79 Å². The van der Waals surface area contributed by atoms with Gasteiger partial charge in [-0.15, -0.1) is 11.3 Å². The number of fused-ring (bicyclic) bond motifs is 1. The van der Waals surface area contributed by atoms with Gasteiger partial charge in [0.15, 0.2) is 5.96 Å². The van der Waals surface area contributed by atoms with Gasteiger partial charge in [0.05, 0.1) is 6.54 Å². The number of carbonyl (C=O) groups excluding carboxylic acids is 1. The van der Waals surface area contributed by atoms with Crippen LogP contribution in [0, 0.1) is 0 Å². The van der Waals surface area contributed by atoms with Crippen molar-refractivity contribution in [3.63, 3.8) is 0 Å². The second kappa shape index (κ2) is 7.97. The van der Waals surface area contributed by atoms with E-state index < -0.39 is 0 Å². The number of para-hydroxylation sites is 1. The molecule has 126 valence electrons. The Balaban J connectivity index is 1.46. The minimum Gasteiger partial charge on any atom is -0.356 e. The summed E-state index contributed by atoms with van der Waals surface area (Å²) in [6, 6.07) is 12.3. The molecular weight excluding hydrogens is 320 g/mol. The Morgan fingerprint density at radius 2 is 2.12 bits per heavy atom. The van der Waals surface area contributed by atoms with E-state index in [1.165, 1.54) is 10.4 Å². The van der Waals surface area contributed by atoms with E-state index in [0.717, 1.165) is 31.6 Å². The van der Waals surface area contributed by atoms with Gasteiger partial charge in [0, 0.05) is 30.7 Å². The Bertz CT molecular complexity index is 712. The normalized spacial score (nSPS) is 13.7. The van der Waals surface area contributed by atoms with Crippen LogP contribution >= 0.6 is 11.3 Å². The summed E-state index contributed by atoms with van der Waals surface area (Å²) in [5, 5.41) is 8.43. The molecule has 1 amide bonds. The molecule has 6 heteroatoms. The highest BCUT2D eigenvalue weighted by Crippen LogP contribution is 2.27. The maximum absolute atomic E-state index is 12.5. The van der Waals surface area contributed by atoms with Gasteiger partial charge in [-0.1, -0.05) is 24.3 Å². The number of carbonyl (C=O) groups is 1. The lowest BCUT2D eigenvalue weighted by Crippen LogP contribution is -2.44. The molecule has 0 aliphatic carbocycles. The number of nitrogens with zero attached hydrogens (tertiary/aromatic N) is 2. The third-order valence-corrected chi connectivity index (χ3v) is 5.00. The quantitative estimate of drug-likeness (QED) is 0.646. The largest absolute Gasteiger partial charge is 0.356 e. The van der Waals surface area contributed by atoms with Crippen molar-refractivity contribution in [2.24, 2.45) is 4.99 Å². The standard InChI is InChI=1S/C18H22N4OS/c1-19-18(20-10-8-15-6-4-12-24-15)21-13-17(23)22-11-9-14-5-2-3-7-16(14)22/h2-7,12H,8-11,13H2,1H3,(H2,19,20,21). The van der Waals surface area contributed by atoms with E-state index in [4.69, 9.17) is 0 Å². The van der Waals surface area contributed by atoms with Crippen LogP contribution < -0.4 is 15.5 Å². The summed E-state index contributed by atoms with van der Waals surface area (Å²) in [4.78, 5) is 19.8. The van der Waals surface area contributed by atoms with E-state index in [-0.39, 0.29) is 12.5 Å². The van der Waals surface area contributed by atoms with Crippen LogP contribution in [-0.4, -0.2) is 38.5 Å². The fraction of sp³-hybridized carbons (Fsp3) is 0.333. The van der Waals surface area contributed by atoms with E-state index in [9.17, 15) is 4.79 Å². The Morgan fingerprint density at radius 1 is 1.25 bits per heavy atom. The molecule has 0 bridgehead atoms. The minimum absolute atomic E-state index is 0.0705. The van der Waals surface area contributed by atoms with Crippen LogP contribution in [-0.2, 0) is 17.6 Å². The summed E-state index contributed by atoms with van der Waals surface area (Å²) in [6.45, 7) is 1.79. The van der Waals surface area contributed by atoms with E-state index in [1.54, 1.807) is 18.4 Å². The zero-order valence-corrected chi connectivity index (χ0v) is 14.6. The van der Waals surface area contributed by atoms with Gasteiger partial charge < -0.3 is 15.5 Å². The van der Waals surface area contributed by atoms with Crippen LogP contribution in [0.5, 0.6) is 0 Å². The van der Waals surface area contributed by atoms with Crippen LogP contribution in [0.4, 0.5) is 5.69 Å². The Morgan fingerprint density at radius 3 is 2.92 bits per heavy atom.